The number of rotatable bonds is 17. The predicted molar refractivity (Wildman–Crippen MR) is 124 cm³/mol. The molecule has 0 fully saturated rings. The Morgan fingerprint density at radius 1 is 0.556 bits per heavy atom. The highest BCUT2D eigenvalue weighted by Crippen LogP contribution is 2.29. The number of unbranched alkanes of at least 4 members (excludes halogenated alkanes) is 13. The number of benzene rings is 1. The molecule has 0 amide bonds. The van der Waals surface area contributed by atoms with Gasteiger partial charge >= 0.3 is 0 Å². The molecule has 0 nitrogen and oxygen atoms in total. The van der Waals surface area contributed by atoms with Gasteiger partial charge in [-0.2, -0.15) is 0 Å². The second kappa shape index (κ2) is 16.2. The van der Waals surface area contributed by atoms with Crippen LogP contribution in [0.25, 0.3) is 0 Å². The topological polar surface area (TPSA) is 0 Å². The fourth-order valence-corrected chi connectivity index (χ4v) is 4.29. The van der Waals surface area contributed by atoms with E-state index in [-0.39, 0.29) is 0 Å². The third-order valence-electron chi connectivity index (χ3n) is 6.14. The summed E-state index contributed by atoms with van der Waals surface area (Å²) in [4.78, 5) is 0. The average molecular weight is 373 g/mol. The molecule has 1 rings (SSSR count). The molecule has 0 saturated heterocycles. The molecule has 0 saturated carbocycles. The van der Waals surface area contributed by atoms with Crippen molar-refractivity contribution in [2.45, 2.75) is 136 Å². The van der Waals surface area contributed by atoms with Crippen molar-refractivity contribution in [1.29, 1.82) is 0 Å². The molecular weight excluding hydrogens is 324 g/mol. The van der Waals surface area contributed by atoms with Gasteiger partial charge in [0.15, 0.2) is 0 Å². The zero-order chi connectivity index (χ0) is 19.7. The molecular formula is C27H48. The first kappa shape index (κ1) is 24.3. The van der Waals surface area contributed by atoms with Gasteiger partial charge in [0.2, 0.25) is 0 Å². The number of hydrogen-bond donors (Lipinski definition) is 0. The summed E-state index contributed by atoms with van der Waals surface area (Å²) < 4.78 is 0. The van der Waals surface area contributed by atoms with Gasteiger partial charge in [-0.25, -0.2) is 0 Å². The van der Waals surface area contributed by atoms with Gasteiger partial charge < -0.3 is 0 Å². The quantitative estimate of drug-likeness (QED) is 0.239. The maximum absolute atomic E-state index is 2.42. The molecule has 1 unspecified atom stereocenters. The van der Waals surface area contributed by atoms with Gasteiger partial charge in [0.05, 0.1) is 0 Å². The molecule has 0 heterocycles. The predicted octanol–water partition coefficient (Wildman–Crippen LogP) is 9.78. The van der Waals surface area contributed by atoms with Crippen LogP contribution >= 0.6 is 0 Å². The fraction of sp³-hybridized carbons (Fsp3) is 0.778. The third-order valence-corrected chi connectivity index (χ3v) is 6.14. The average Bonchev–Trinajstić information content (AvgIpc) is 2.68. The van der Waals surface area contributed by atoms with Crippen molar-refractivity contribution in [3.05, 3.63) is 35.4 Å². The van der Waals surface area contributed by atoms with E-state index in [1.807, 2.05) is 0 Å². The van der Waals surface area contributed by atoms with E-state index < -0.39 is 0 Å². The second-order valence-corrected chi connectivity index (χ2v) is 9.07. The van der Waals surface area contributed by atoms with Gasteiger partial charge in [0.1, 0.15) is 0 Å². The van der Waals surface area contributed by atoms with Crippen LogP contribution in [0.3, 0.4) is 0 Å². The SMILES string of the molecule is CCCCCCCCCCCCCCCCC(C)c1ccccc1C(C)C. The molecule has 0 N–H and O–H groups in total. The van der Waals surface area contributed by atoms with Gasteiger partial charge in [-0.05, 0) is 29.4 Å². The van der Waals surface area contributed by atoms with E-state index in [1.165, 1.54) is 96.3 Å². The van der Waals surface area contributed by atoms with Gasteiger partial charge in [-0.1, -0.05) is 142 Å². The van der Waals surface area contributed by atoms with Crippen molar-refractivity contribution in [3.8, 4) is 0 Å². The van der Waals surface area contributed by atoms with E-state index in [0.717, 1.165) is 0 Å². The van der Waals surface area contributed by atoms with Gasteiger partial charge in [-0.15, -0.1) is 0 Å². The molecule has 0 bridgehead atoms. The van der Waals surface area contributed by atoms with Crippen LogP contribution in [0.5, 0.6) is 0 Å². The van der Waals surface area contributed by atoms with Crippen molar-refractivity contribution in [1.82, 2.24) is 0 Å². The molecule has 27 heavy (non-hydrogen) atoms. The van der Waals surface area contributed by atoms with Crippen molar-refractivity contribution in [2.24, 2.45) is 0 Å². The lowest BCUT2D eigenvalue weighted by Gasteiger charge is -2.18. The molecule has 0 aliphatic rings. The summed E-state index contributed by atoms with van der Waals surface area (Å²) >= 11 is 0. The van der Waals surface area contributed by atoms with Crippen molar-refractivity contribution in [3.63, 3.8) is 0 Å². The van der Waals surface area contributed by atoms with Gasteiger partial charge in [0, 0.05) is 0 Å². The molecule has 0 aliphatic carbocycles. The highest BCUT2D eigenvalue weighted by molar-refractivity contribution is 5.32. The van der Waals surface area contributed by atoms with Crippen molar-refractivity contribution < 1.29 is 0 Å². The van der Waals surface area contributed by atoms with E-state index in [0.29, 0.717) is 11.8 Å². The molecule has 1 aromatic carbocycles. The Bertz CT molecular complexity index is 445. The summed E-state index contributed by atoms with van der Waals surface area (Å²) in [5.41, 5.74) is 3.14. The molecule has 1 atom stereocenters. The molecule has 0 aromatic heterocycles. The zero-order valence-electron chi connectivity index (χ0n) is 19.1. The first-order valence-corrected chi connectivity index (χ1v) is 12.3. The molecule has 0 spiro atoms. The lowest BCUT2D eigenvalue weighted by Crippen LogP contribution is -2.01. The maximum Gasteiger partial charge on any atom is -0.0188 e. The minimum atomic E-state index is 0.639. The minimum Gasteiger partial charge on any atom is -0.0654 e. The van der Waals surface area contributed by atoms with E-state index in [4.69, 9.17) is 0 Å². The van der Waals surface area contributed by atoms with Crippen LogP contribution in [0, 0.1) is 0 Å². The number of hydrogen-bond acceptors (Lipinski definition) is 0. The Labute approximate surface area is 171 Å². The standard InChI is InChI=1S/C27H48/c1-5-6-7-8-9-10-11-12-13-14-15-16-17-18-21-25(4)27-23-20-19-22-26(27)24(2)3/h19-20,22-25H,5-18,21H2,1-4H3. The maximum atomic E-state index is 2.42. The van der Waals surface area contributed by atoms with E-state index >= 15 is 0 Å². The van der Waals surface area contributed by atoms with Crippen molar-refractivity contribution >= 4 is 0 Å². The summed E-state index contributed by atoms with van der Waals surface area (Å²) in [5, 5.41) is 0. The van der Waals surface area contributed by atoms with E-state index in [9.17, 15) is 0 Å². The molecule has 0 aliphatic heterocycles. The summed E-state index contributed by atoms with van der Waals surface area (Å²) in [6, 6.07) is 9.08. The van der Waals surface area contributed by atoms with Crippen molar-refractivity contribution in [2.75, 3.05) is 0 Å². The zero-order valence-corrected chi connectivity index (χ0v) is 19.1. The third kappa shape index (κ3) is 11.6. The van der Waals surface area contributed by atoms with Crippen LogP contribution < -0.4 is 0 Å². The van der Waals surface area contributed by atoms with Crippen LogP contribution in [0.2, 0.25) is 0 Å². The fourth-order valence-electron chi connectivity index (χ4n) is 4.29. The highest BCUT2D eigenvalue weighted by Gasteiger charge is 2.11. The lowest BCUT2D eigenvalue weighted by molar-refractivity contribution is 0.523. The van der Waals surface area contributed by atoms with E-state index in [1.54, 1.807) is 11.1 Å². The first-order chi connectivity index (χ1) is 13.2. The Morgan fingerprint density at radius 2 is 0.963 bits per heavy atom. The van der Waals surface area contributed by atoms with Crippen LogP contribution in [0.1, 0.15) is 147 Å². The Kier molecular flexibility index (Phi) is 14.6. The summed E-state index contributed by atoms with van der Waals surface area (Å²) in [6.07, 6.45) is 21.6. The molecule has 1 aromatic rings. The van der Waals surface area contributed by atoms with E-state index in [2.05, 4.69) is 52.0 Å². The Morgan fingerprint density at radius 3 is 1.41 bits per heavy atom. The normalized spacial score (nSPS) is 12.6. The van der Waals surface area contributed by atoms with Gasteiger partial charge in [0.25, 0.3) is 0 Å². The highest BCUT2D eigenvalue weighted by atomic mass is 14.2. The lowest BCUT2D eigenvalue weighted by atomic mass is 9.87. The summed E-state index contributed by atoms with van der Waals surface area (Å²) in [6.45, 7) is 9.35. The molecule has 0 radical (unpaired) electrons. The minimum absolute atomic E-state index is 0.639. The first-order valence-electron chi connectivity index (χ1n) is 12.3. The summed E-state index contributed by atoms with van der Waals surface area (Å²) in [5.74, 6) is 1.35. The molecule has 0 heteroatoms. The van der Waals surface area contributed by atoms with Crippen LogP contribution in [0.4, 0.5) is 0 Å². The summed E-state index contributed by atoms with van der Waals surface area (Å²) in [7, 11) is 0. The van der Waals surface area contributed by atoms with Crippen LogP contribution in [-0.2, 0) is 0 Å². The monoisotopic (exact) mass is 372 g/mol. The Hall–Kier alpha value is -0.780. The van der Waals surface area contributed by atoms with Crippen LogP contribution in [0.15, 0.2) is 24.3 Å². The smallest absolute Gasteiger partial charge is 0.0188 e. The van der Waals surface area contributed by atoms with Gasteiger partial charge in [-0.3, -0.25) is 0 Å². The molecule has 156 valence electrons. The Balaban J connectivity index is 1.96. The largest absolute Gasteiger partial charge is 0.0654 e. The second-order valence-electron chi connectivity index (χ2n) is 9.07. The van der Waals surface area contributed by atoms with Crippen LogP contribution in [-0.4, -0.2) is 0 Å².